The highest BCUT2D eigenvalue weighted by atomic mass is 16.5. The molecule has 5 rings (SSSR count). The summed E-state index contributed by atoms with van der Waals surface area (Å²) in [5.41, 5.74) is 7.79. The van der Waals surface area contributed by atoms with E-state index in [0.29, 0.717) is 22.6 Å². The monoisotopic (exact) mass is 437 g/mol. The first-order valence-corrected chi connectivity index (χ1v) is 11.1. The van der Waals surface area contributed by atoms with E-state index in [4.69, 9.17) is 9.47 Å². The van der Waals surface area contributed by atoms with Crippen molar-refractivity contribution in [2.45, 2.75) is 39.7 Å². The molecule has 0 saturated heterocycles. The van der Waals surface area contributed by atoms with Crippen LogP contribution in [0.1, 0.15) is 47.6 Å². The van der Waals surface area contributed by atoms with Gasteiger partial charge >= 0.3 is 0 Å². The molecule has 0 spiro atoms. The maximum Gasteiger partial charge on any atom is 0.138 e. The second-order valence-corrected chi connectivity index (χ2v) is 8.84. The Morgan fingerprint density at radius 3 is 2.24 bits per heavy atom. The van der Waals surface area contributed by atoms with Gasteiger partial charge in [0.15, 0.2) is 0 Å². The fraction of sp³-hybridized carbons (Fsp3) is 0.207. The minimum Gasteiger partial charge on any atom is -0.507 e. The van der Waals surface area contributed by atoms with Gasteiger partial charge in [-0.1, -0.05) is 24.8 Å². The van der Waals surface area contributed by atoms with Crippen molar-refractivity contribution in [1.82, 2.24) is 4.98 Å². The predicted molar refractivity (Wildman–Crippen MR) is 131 cm³/mol. The smallest absolute Gasteiger partial charge is 0.138 e. The van der Waals surface area contributed by atoms with Crippen LogP contribution in [0.2, 0.25) is 0 Å². The summed E-state index contributed by atoms with van der Waals surface area (Å²) < 4.78 is 12.5. The second kappa shape index (κ2) is 7.96. The molecule has 2 aliphatic heterocycles. The number of rotatable bonds is 3. The van der Waals surface area contributed by atoms with Crippen molar-refractivity contribution in [2.75, 3.05) is 0 Å². The number of allylic oxidation sites excluding steroid dienone is 2. The fourth-order valence-electron chi connectivity index (χ4n) is 4.93. The highest BCUT2D eigenvalue weighted by molar-refractivity contribution is 5.81. The Labute approximate surface area is 194 Å². The van der Waals surface area contributed by atoms with Crippen molar-refractivity contribution in [1.29, 1.82) is 0 Å². The molecule has 2 unspecified atom stereocenters. The van der Waals surface area contributed by atoms with Crippen LogP contribution >= 0.6 is 0 Å². The SMILES string of the molecule is C=C1Oc2cc(C)ccc2C(O)=C1C(C1=C(C)c2ccc(C)cc2OC1C)c1ccncc1. The second-order valence-electron chi connectivity index (χ2n) is 8.84. The third-order valence-corrected chi connectivity index (χ3v) is 6.54. The van der Waals surface area contributed by atoms with Gasteiger partial charge in [0.25, 0.3) is 0 Å². The Morgan fingerprint density at radius 1 is 0.909 bits per heavy atom. The number of aliphatic hydroxyl groups is 1. The summed E-state index contributed by atoms with van der Waals surface area (Å²) in [4.78, 5) is 4.21. The van der Waals surface area contributed by atoms with Crippen molar-refractivity contribution in [2.24, 2.45) is 0 Å². The largest absolute Gasteiger partial charge is 0.507 e. The summed E-state index contributed by atoms with van der Waals surface area (Å²) in [5, 5.41) is 11.5. The number of aryl methyl sites for hydroxylation is 2. The summed E-state index contributed by atoms with van der Waals surface area (Å²) in [7, 11) is 0. The van der Waals surface area contributed by atoms with Crippen molar-refractivity contribution in [3.8, 4) is 11.5 Å². The van der Waals surface area contributed by atoms with Gasteiger partial charge in [-0.15, -0.1) is 0 Å². The summed E-state index contributed by atoms with van der Waals surface area (Å²) in [5.74, 6) is 1.82. The number of nitrogens with zero attached hydrogens (tertiary/aromatic N) is 1. The van der Waals surface area contributed by atoms with Crippen LogP contribution in [0.4, 0.5) is 0 Å². The van der Waals surface area contributed by atoms with Crippen LogP contribution in [-0.4, -0.2) is 16.2 Å². The lowest BCUT2D eigenvalue weighted by atomic mass is 9.76. The van der Waals surface area contributed by atoms with Crippen LogP contribution in [0.25, 0.3) is 11.3 Å². The maximum atomic E-state index is 11.5. The summed E-state index contributed by atoms with van der Waals surface area (Å²) in [6.07, 6.45) is 3.33. The van der Waals surface area contributed by atoms with Gasteiger partial charge in [-0.2, -0.15) is 0 Å². The molecule has 1 aromatic heterocycles. The van der Waals surface area contributed by atoms with E-state index in [9.17, 15) is 5.11 Å². The highest BCUT2D eigenvalue weighted by Gasteiger charge is 2.37. The number of pyridine rings is 1. The van der Waals surface area contributed by atoms with Crippen LogP contribution in [0, 0.1) is 13.8 Å². The number of ether oxygens (including phenoxy) is 2. The van der Waals surface area contributed by atoms with Crippen molar-refractivity contribution < 1.29 is 14.6 Å². The van der Waals surface area contributed by atoms with Crippen LogP contribution < -0.4 is 9.47 Å². The number of aliphatic hydroxyl groups excluding tert-OH is 1. The molecular weight excluding hydrogens is 410 g/mol. The molecule has 166 valence electrons. The third-order valence-electron chi connectivity index (χ3n) is 6.54. The van der Waals surface area contributed by atoms with E-state index in [1.54, 1.807) is 12.4 Å². The van der Waals surface area contributed by atoms with E-state index < -0.39 is 0 Å². The number of hydrogen-bond acceptors (Lipinski definition) is 4. The molecule has 3 heterocycles. The lowest BCUT2D eigenvalue weighted by Gasteiger charge is -2.36. The van der Waals surface area contributed by atoms with Gasteiger partial charge in [0.2, 0.25) is 0 Å². The molecule has 2 aliphatic rings. The zero-order valence-electron chi connectivity index (χ0n) is 19.3. The molecule has 0 saturated carbocycles. The third kappa shape index (κ3) is 3.52. The Balaban J connectivity index is 1.77. The fourth-order valence-corrected chi connectivity index (χ4v) is 4.93. The molecule has 4 heteroatoms. The van der Waals surface area contributed by atoms with Crippen molar-refractivity contribution in [3.05, 3.63) is 112 Å². The van der Waals surface area contributed by atoms with Crippen LogP contribution in [0.5, 0.6) is 11.5 Å². The zero-order chi connectivity index (χ0) is 23.3. The molecule has 0 aliphatic carbocycles. The zero-order valence-corrected chi connectivity index (χ0v) is 19.3. The number of benzene rings is 2. The molecule has 33 heavy (non-hydrogen) atoms. The van der Waals surface area contributed by atoms with E-state index in [2.05, 4.69) is 50.5 Å². The van der Waals surface area contributed by atoms with Gasteiger partial charge in [-0.3, -0.25) is 4.98 Å². The lowest BCUT2D eigenvalue weighted by molar-refractivity contribution is 0.244. The minimum absolute atomic E-state index is 0.185. The average molecular weight is 438 g/mol. The van der Waals surface area contributed by atoms with E-state index >= 15 is 0 Å². The molecule has 1 N–H and O–H groups in total. The standard InChI is InChI=1S/C29H27NO3/c1-16-6-8-22-18(3)26(19(4)32-24(22)14-16)28(21-10-12-30-13-11-21)27-20(5)33-25-15-17(2)7-9-23(25)29(27)31/h6-15,19,28,31H,5H2,1-4H3. The molecule has 0 bridgehead atoms. The van der Waals surface area contributed by atoms with Crippen molar-refractivity contribution in [3.63, 3.8) is 0 Å². The lowest BCUT2D eigenvalue weighted by Crippen LogP contribution is -2.28. The highest BCUT2D eigenvalue weighted by Crippen LogP contribution is 2.49. The van der Waals surface area contributed by atoms with E-state index in [-0.39, 0.29) is 17.8 Å². The average Bonchev–Trinajstić information content (AvgIpc) is 2.78. The van der Waals surface area contributed by atoms with Gasteiger partial charge in [-0.25, -0.2) is 0 Å². The number of aromatic nitrogens is 1. The van der Waals surface area contributed by atoms with Gasteiger partial charge < -0.3 is 14.6 Å². The quantitative estimate of drug-likeness (QED) is 0.484. The first kappa shape index (κ1) is 21.1. The Morgan fingerprint density at radius 2 is 1.55 bits per heavy atom. The molecule has 4 nitrogen and oxygen atoms in total. The molecule has 2 atom stereocenters. The number of hydrogen-bond donors (Lipinski definition) is 1. The molecule has 0 amide bonds. The van der Waals surface area contributed by atoms with Crippen LogP contribution in [0.3, 0.4) is 0 Å². The van der Waals surface area contributed by atoms with Gasteiger partial charge in [0.1, 0.15) is 29.1 Å². The summed E-state index contributed by atoms with van der Waals surface area (Å²) in [6, 6.07) is 16.0. The molecular formula is C29H27NO3. The Hall–Kier alpha value is -3.79. The minimum atomic E-state index is -0.306. The van der Waals surface area contributed by atoms with Gasteiger partial charge in [0.05, 0.1) is 5.56 Å². The van der Waals surface area contributed by atoms with E-state index in [0.717, 1.165) is 39.1 Å². The van der Waals surface area contributed by atoms with Crippen LogP contribution in [0.15, 0.2) is 84.4 Å². The molecule has 0 radical (unpaired) electrons. The summed E-state index contributed by atoms with van der Waals surface area (Å²) in [6.45, 7) is 12.4. The van der Waals surface area contributed by atoms with Crippen molar-refractivity contribution >= 4 is 11.3 Å². The Kier molecular flexibility index (Phi) is 5.09. The first-order valence-electron chi connectivity index (χ1n) is 11.1. The topological polar surface area (TPSA) is 51.6 Å². The van der Waals surface area contributed by atoms with Gasteiger partial charge in [-0.05, 0) is 85.9 Å². The van der Waals surface area contributed by atoms with Gasteiger partial charge in [0, 0.05) is 29.4 Å². The van der Waals surface area contributed by atoms with Crippen LogP contribution in [-0.2, 0) is 0 Å². The number of fused-ring (bicyclic) bond motifs is 2. The molecule has 3 aromatic rings. The first-order chi connectivity index (χ1) is 15.8. The predicted octanol–water partition coefficient (Wildman–Crippen LogP) is 6.91. The van der Waals surface area contributed by atoms with E-state index in [1.165, 1.54) is 0 Å². The normalized spacial score (nSPS) is 18.3. The summed E-state index contributed by atoms with van der Waals surface area (Å²) >= 11 is 0. The van der Waals surface area contributed by atoms with E-state index in [1.807, 2.05) is 37.3 Å². The Bertz CT molecular complexity index is 1330. The molecule has 2 aromatic carbocycles. The molecule has 0 fully saturated rings. The maximum absolute atomic E-state index is 11.5.